The molecule has 1 fully saturated rings. The van der Waals surface area contributed by atoms with Crippen molar-refractivity contribution < 1.29 is 19.2 Å². The number of nitrogens with zero attached hydrogens (tertiary/aromatic N) is 1. The standard InChI is InChI=1S/C18H21N3O4/c1-2-3-7-15(22)19-13-6-4-5-11-12(13)10-21(18(11)25)14-8-9-16(23)20-17(14)24/h4-6,14H,2-3,7-10H2,1H3,(H,19,22)(H,20,23,24). The Morgan fingerprint density at radius 3 is 2.84 bits per heavy atom. The Labute approximate surface area is 145 Å². The van der Waals surface area contributed by atoms with E-state index in [2.05, 4.69) is 10.6 Å². The molecule has 1 aromatic carbocycles. The number of hydrogen-bond donors (Lipinski definition) is 2. The summed E-state index contributed by atoms with van der Waals surface area (Å²) in [6, 6.07) is 4.54. The number of benzene rings is 1. The van der Waals surface area contributed by atoms with Crippen molar-refractivity contribution in [3.05, 3.63) is 29.3 Å². The molecule has 7 nitrogen and oxygen atoms in total. The number of carbonyl (C=O) groups is 4. The molecule has 1 unspecified atom stereocenters. The van der Waals surface area contributed by atoms with Gasteiger partial charge in [-0.1, -0.05) is 19.4 Å². The lowest BCUT2D eigenvalue weighted by Gasteiger charge is -2.29. The van der Waals surface area contributed by atoms with Crippen LogP contribution in [0.25, 0.3) is 0 Å². The molecule has 0 radical (unpaired) electrons. The monoisotopic (exact) mass is 343 g/mol. The van der Waals surface area contributed by atoms with Gasteiger partial charge in [0.1, 0.15) is 6.04 Å². The van der Waals surface area contributed by atoms with Gasteiger partial charge >= 0.3 is 0 Å². The van der Waals surface area contributed by atoms with Crippen molar-refractivity contribution in [3.63, 3.8) is 0 Å². The number of nitrogens with one attached hydrogen (secondary N) is 2. The zero-order valence-electron chi connectivity index (χ0n) is 14.1. The summed E-state index contributed by atoms with van der Waals surface area (Å²) in [4.78, 5) is 49.6. The second kappa shape index (κ2) is 7.04. The Morgan fingerprint density at radius 1 is 1.32 bits per heavy atom. The van der Waals surface area contributed by atoms with Crippen molar-refractivity contribution in [1.29, 1.82) is 0 Å². The molecule has 1 atom stereocenters. The molecule has 25 heavy (non-hydrogen) atoms. The SMILES string of the molecule is CCCCC(=O)Nc1cccc2c1CN(C1CCC(=O)NC1=O)C2=O. The fourth-order valence-electron chi connectivity index (χ4n) is 3.25. The minimum atomic E-state index is -0.652. The third-order valence-corrected chi connectivity index (χ3v) is 4.61. The molecule has 1 aromatic rings. The number of imide groups is 1. The maximum absolute atomic E-state index is 12.7. The predicted molar refractivity (Wildman–Crippen MR) is 90.6 cm³/mol. The maximum atomic E-state index is 12.7. The Morgan fingerprint density at radius 2 is 2.12 bits per heavy atom. The smallest absolute Gasteiger partial charge is 0.255 e. The zero-order valence-corrected chi connectivity index (χ0v) is 14.1. The molecule has 0 aromatic heterocycles. The average molecular weight is 343 g/mol. The van der Waals surface area contributed by atoms with Gasteiger partial charge in [-0.15, -0.1) is 0 Å². The van der Waals surface area contributed by atoms with E-state index in [4.69, 9.17) is 0 Å². The summed E-state index contributed by atoms with van der Waals surface area (Å²) in [5.41, 5.74) is 1.83. The van der Waals surface area contributed by atoms with Crippen molar-refractivity contribution in [2.24, 2.45) is 0 Å². The van der Waals surface area contributed by atoms with E-state index in [0.29, 0.717) is 24.1 Å². The number of carbonyl (C=O) groups excluding carboxylic acids is 4. The molecule has 0 saturated carbocycles. The van der Waals surface area contributed by atoms with Gasteiger partial charge in [0.05, 0.1) is 0 Å². The molecule has 132 valence electrons. The third-order valence-electron chi connectivity index (χ3n) is 4.61. The molecular weight excluding hydrogens is 322 g/mol. The van der Waals surface area contributed by atoms with Crippen LogP contribution >= 0.6 is 0 Å². The summed E-state index contributed by atoms with van der Waals surface area (Å²) in [5, 5.41) is 5.15. The fraction of sp³-hybridized carbons (Fsp3) is 0.444. The summed E-state index contributed by atoms with van der Waals surface area (Å²) in [5.74, 6) is -1.07. The van der Waals surface area contributed by atoms with E-state index in [9.17, 15) is 19.2 Å². The highest BCUT2D eigenvalue weighted by Gasteiger charge is 2.39. The molecule has 1 saturated heterocycles. The average Bonchev–Trinajstić information content (AvgIpc) is 2.91. The third kappa shape index (κ3) is 3.40. The van der Waals surface area contributed by atoms with Crippen LogP contribution in [0.15, 0.2) is 18.2 Å². The molecule has 4 amide bonds. The topological polar surface area (TPSA) is 95.6 Å². The minimum absolute atomic E-state index is 0.0813. The van der Waals surface area contributed by atoms with Gasteiger partial charge in [-0.25, -0.2) is 0 Å². The van der Waals surface area contributed by atoms with Gasteiger partial charge in [-0.2, -0.15) is 0 Å². The normalized spacial score (nSPS) is 19.6. The number of piperidine rings is 1. The summed E-state index contributed by atoms with van der Waals surface area (Å²) in [6.07, 6.45) is 2.72. The van der Waals surface area contributed by atoms with Crippen LogP contribution in [0.1, 0.15) is 54.9 Å². The molecule has 0 bridgehead atoms. The second-order valence-corrected chi connectivity index (χ2v) is 6.38. The Hall–Kier alpha value is -2.70. The van der Waals surface area contributed by atoms with Gasteiger partial charge in [0.2, 0.25) is 17.7 Å². The summed E-state index contributed by atoms with van der Waals surface area (Å²) in [7, 11) is 0. The van der Waals surface area contributed by atoms with Crippen LogP contribution in [-0.2, 0) is 20.9 Å². The molecule has 2 aliphatic rings. The first-order valence-electron chi connectivity index (χ1n) is 8.57. The van der Waals surface area contributed by atoms with E-state index in [0.717, 1.165) is 18.4 Å². The molecule has 0 spiro atoms. The zero-order chi connectivity index (χ0) is 18.0. The van der Waals surface area contributed by atoms with E-state index in [1.165, 1.54) is 4.90 Å². The first kappa shape index (κ1) is 17.1. The lowest BCUT2D eigenvalue weighted by atomic mass is 10.0. The molecule has 7 heteroatoms. The number of fused-ring (bicyclic) bond motifs is 1. The summed E-state index contributed by atoms with van der Waals surface area (Å²) < 4.78 is 0. The number of amides is 4. The van der Waals surface area contributed by atoms with Gasteiger partial charge in [-0.05, 0) is 25.0 Å². The van der Waals surface area contributed by atoms with E-state index < -0.39 is 11.9 Å². The van der Waals surface area contributed by atoms with Crippen molar-refractivity contribution in [3.8, 4) is 0 Å². The van der Waals surface area contributed by atoms with Crippen molar-refractivity contribution in [2.45, 2.75) is 51.6 Å². The van der Waals surface area contributed by atoms with Gasteiger partial charge in [0.15, 0.2) is 0 Å². The van der Waals surface area contributed by atoms with Gasteiger partial charge in [0.25, 0.3) is 5.91 Å². The molecular formula is C18H21N3O4. The van der Waals surface area contributed by atoms with Crippen LogP contribution in [0.4, 0.5) is 5.69 Å². The lowest BCUT2D eigenvalue weighted by molar-refractivity contribution is -0.137. The molecule has 3 rings (SSSR count). The predicted octanol–water partition coefficient (Wildman–Crippen LogP) is 1.58. The van der Waals surface area contributed by atoms with Crippen LogP contribution in [0.3, 0.4) is 0 Å². The van der Waals surface area contributed by atoms with Crippen molar-refractivity contribution in [1.82, 2.24) is 10.2 Å². The molecule has 2 aliphatic heterocycles. The Kier molecular flexibility index (Phi) is 4.83. The van der Waals surface area contributed by atoms with E-state index in [1.807, 2.05) is 6.92 Å². The van der Waals surface area contributed by atoms with E-state index in [1.54, 1.807) is 18.2 Å². The van der Waals surface area contributed by atoms with Crippen molar-refractivity contribution >= 4 is 29.3 Å². The van der Waals surface area contributed by atoms with Crippen LogP contribution in [0.5, 0.6) is 0 Å². The highest BCUT2D eigenvalue weighted by atomic mass is 16.2. The fourth-order valence-corrected chi connectivity index (χ4v) is 3.25. The number of anilines is 1. The number of rotatable bonds is 5. The number of unbranched alkanes of at least 4 members (excludes halogenated alkanes) is 1. The van der Waals surface area contributed by atoms with Gasteiger partial charge < -0.3 is 10.2 Å². The molecule has 0 aliphatic carbocycles. The van der Waals surface area contributed by atoms with Crippen LogP contribution < -0.4 is 10.6 Å². The van der Waals surface area contributed by atoms with Crippen LogP contribution in [-0.4, -0.2) is 34.6 Å². The largest absolute Gasteiger partial charge is 0.326 e. The second-order valence-electron chi connectivity index (χ2n) is 6.38. The van der Waals surface area contributed by atoms with E-state index in [-0.39, 0.29) is 30.7 Å². The first-order chi connectivity index (χ1) is 12.0. The summed E-state index contributed by atoms with van der Waals surface area (Å²) in [6.45, 7) is 2.27. The lowest BCUT2D eigenvalue weighted by Crippen LogP contribution is -2.52. The van der Waals surface area contributed by atoms with Crippen LogP contribution in [0.2, 0.25) is 0 Å². The quantitative estimate of drug-likeness (QED) is 0.794. The Balaban J connectivity index is 1.79. The van der Waals surface area contributed by atoms with Crippen LogP contribution in [0, 0.1) is 0 Å². The molecule has 2 heterocycles. The minimum Gasteiger partial charge on any atom is -0.326 e. The summed E-state index contributed by atoms with van der Waals surface area (Å²) >= 11 is 0. The highest BCUT2D eigenvalue weighted by molar-refractivity contribution is 6.06. The van der Waals surface area contributed by atoms with E-state index >= 15 is 0 Å². The first-order valence-corrected chi connectivity index (χ1v) is 8.57. The van der Waals surface area contributed by atoms with Crippen molar-refractivity contribution in [2.75, 3.05) is 5.32 Å². The van der Waals surface area contributed by atoms with Gasteiger partial charge in [0, 0.05) is 36.2 Å². The van der Waals surface area contributed by atoms with Gasteiger partial charge in [-0.3, -0.25) is 24.5 Å². The Bertz CT molecular complexity index is 744. The highest BCUT2D eigenvalue weighted by Crippen LogP contribution is 2.32. The molecule has 2 N–H and O–H groups in total. The number of hydrogen-bond acceptors (Lipinski definition) is 4. The maximum Gasteiger partial charge on any atom is 0.255 e.